The maximum Gasteiger partial charge on any atom is 0.163 e. The number of hydrogen-bond donors (Lipinski definition) is 0. The van der Waals surface area contributed by atoms with E-state index in [1.54, 1.807) is 6.33 Å². The molecule has 0 N–H and O–H groups in total. The summed E-state index contributed by atoms with van der Waals surface area (Å²) in [5, 5.41) is 0. The van der Waals surface area contributed by atoms with Crippen molar-refractivity contribution in [2.24, 2.45) is 5.92 Å². The van der Waals surface area contributed by atoms with Gasteiger partial charge in [0.1, 0.15) is 24.0 Å². The Kier molecular flexibility index (Phi) is 3.04. The fraction of sp³-hybridized carbons (Fsp3) is 0.250. The van der Waals surface area contributed by atoms with Gasteiger partial charge in [0.2, 0.25) is 0 Å². The second-order valence-corrected chi connectivity index (χ2v) is 6.78. The van der Waals surface area contributed by atoms with E-state index in [0.717, 1.165) is 17.3 Å². The number of hydrogen-bond acceptors (Lipinski definition) is 5. The van der Waals surface area contributed by atoms with Gasteiger partial charge in [-0.3, -0.25) is 4.90 Å². The van der Waals surface area contributed by atoms with E-state index in [1.807, 2.05) is 30.6 Å². The van der Waals surface area contributed by atoms with Gasteiger partial charge in [-0.25, -0.2) is 15.0 Å². The molecular formula is C20H19N5. The van der Waals surface area contributed by atoms with Crippen LogP contribution in [0.4, 0.5) is 23.0 Å². The van der Waals surface area contributed by atoms with Crippen LogP contribution in [0.5, 0.6) is 0 Å². The molecule has 3 unspecified atom stereocenters. The molecule has 5 rings (SSSR count). The summed E-state index contributed by atoms with van der Waals surface area (Å²) < 4.78 is 0. The van der Waals surface area contributed by atoms with Gasteiger partial charge in [0, 0.05) is 17.8 Å². The Morgan fingerprint density at radius 2 is 1.72 bits per heavy atom. The molecule has 0 bridgehead atoms. The highest BCUT2D eigenvalue weighted by molar-refractivity contribution is 5.86. The van der Waals surface area contributed by atoms with Gasteiger partial charge in [-0.1, -0.05) is 38.1 Å². The summed E-state index contributed by atoms with van der Waals surface area (Å²) in [5.41, 5.74) is 3.67. The zero-order valence-electron chi connectivity index (χ0n) is 14.2. The quantitative estimate of drug-likeness (QED) is 0.668. The molecule has 2 aromatic heterocycles. The van der Waals surface area contributed by atoms with Crippen molar-refractivity contribution in [2.75, 3.05) is 9.80 Å². The first-order valence-electron chi connectivity index (χ1n) is 8.66. The normalized spacial score (nSPS) is 23.8. The highest BCUT2D eigenvalue weighted by atomic mass is 15.5. The fourth-order valence-electron chi connectivity index (χ4n) is 4.17. The first-order valence-corrected chi connectivity index (χ1v) is 8.66. The smallest absolute Gasteiger partial charge is 0.163 e. The molecule has 5 nitrogen and oxygen atoms in total. The standard InChI is InChI=1S/C20H19N5/c1-13-14(2)20-24(16-8-4-3-7-15(13)16)17-11-21-12-23-19(17)25(20)18-9-5-6-10-22-18/h3-14,20H,1-2H3. The van der Waals surface area contributed by atoms with Gasteiger partial charge in [0.05, 0.1) is 6.20 Å². The highest BCUT2D eigenvalue weighted by Crippen LogP contribution is 2.54. The summed E-state index contributed by atoms with van der Waals surface area (Å²) in [6.07, 6.45) is 5.51. The maximum absolute atomic E-state index is 4.61. The molecule has 0 saturated carbocycles. The Labute approximate surface area is 147 Å². The van der Waals surface area contributed by atoms with Crippen LogP contribution in [0.15, 0.2) is 61.2 Å². The van der Waals surface area contributed by atoms with E-state index in [4.69, 9.17) is 0 Å². The summed E-state index contributed by atoms with van der Waals surface area (Å²) in [4.78, 5) is 18.1. The van der Waals surface area contributed by atoms with Crippen molar-refractivity contribution in [1.29, 1.82) is 0 Å². The van der Waals surface area contributed by atoms with Crippen LogP contribution in [0, 0.1) is 5.92 Å². The van der Waals surface area contributed by atoms with Crippen molar-refractivity contribution < 1.29 is 0 Å². The van der Waals surface area contributed by atoms with E-state index in [2.05, 4.69) is 62.9 Å². The second-order valence-electron chi connectivity index (χ2n) is 6.78. The molecule has 3 aromatic rings. The van der Waals surface area contributed by atoms with E-state index in [0.29, 0.717) is 11.8 Å². The molecule has 0 saturated heterocycles. The number of pyridine rings is 1. The van der Waals surface area contributed by atoms with Crippen LogP contribution in [-0.4, -0.2) is 21.1 Å². The lowest BCUT2D eigenvalue weighted by Gasteiger charge is -2.44. The average molecular weight is 329 g/mol. The maximum atomic E-state index is 4.61. The number of aromatic nitrogens is 3. The first-order chi connectivity index (χ1) is 12.3. The third-order valence-corrected chi connectivity index (χ3v) is 5.53. The van der Waals surface area contributed by atoms with Crippen molar-refractivity contribution in [3.63, 3.8) is 0 Å². The largest absolute Gasteiger partial charge is 0.315 e. The van der Waals surface area contributed by atoms with Gasteiger partial charge in [-0.05, 0) is 29.7 Å². The lowest BCUT2D eigenvalue weighted by molar-refractivity contribution is 0.384. The summed E-state index contributed by atoms with van der Waals surface area (Å²) in [6.45, 7) is 4.62. The van der Waals surface area contributed by atoms with Gasteiger partial charge in [-0.15, -0.1) is 0 Å². The zero-order valence-corrected chi connectivity index (χ0v) is 14.2. The lowest BCUT2D eigenvalue weighted by atomic mass is 9.81. The number of nitrogens with zero attached hydrogens (tertiary/aromatic N) is 5. The molecule has 25 heavy (non-hydrogen) atoms. The van der Waals surface area contributed by atoms with E-state index in [1.165, 1.54) is 11.3 Å². The number of rotatable bonds is 1. The third-order valence-electron chi connectivity index (χ3n) is 5.53. The Bertz CT molecular complexity index is 926. The topological polar surface area (TPSA) is 45.2 Å². The average Bonchev–Trinajstić information content (AvgIpc) is 3.02. The Morgan fingerprint density at radius 1 is 0.880 bits per heavy atom. The summed E-state index contributed by atoms with van der Waals surface area (Å²) in [5.74, 6) is 2.71. The minimum Gasteiger partial charge on any atom is -0.315 e. The molecule has 3 atom stereocenters. The van der Waals surface area contributed by atoms with Crippen molar-refractivity contribution in [2.45, 2.75) is 25.9 Å². The molecule has 124 valence electrons. The zero-order chi connectivity index (χ0) is 17.0. The minimum atomic E-state index is 0.145. The van der Waals surface area contributed by atoms with Crippen molar-refractivity contribution in [3.05, 3.63) is 66.7 Å². The van der Waals surface area contributed by atoms with E-state index < -0.39 is 0 Å². The van der Waals surface area contributed by atoms with Crippen LogP contribution >= 0.6 is 0 Å². The molecule has 2 aliphatic rings. The number of fused-ring (bicyclic) bond motifs is 5. The number of para-hydroxylation sites is 1. The highest BCUT2D eigenvalue weighted by Gasteiger charge is 2.48. The van der Waals surface area contributed by atoms with E-state index >= 15 is 0 Å². The molecule has 0 fully saturated rings. The predicted molar refractivity (Wildman–Crippen MR) is 98.4 cm³/mol. The Balaban J connectivity index is 1.77. The monoisotopic (exact) mass is 329 g/mol. The molecule has 4 heterocycles. The van der Waals surface area contributed by atoms with Crippen LogP contribution in [-0.2, 0) is 0 Å². The van der Waals surface area contributed by atoms with Gasteiger partial charge in [-0.2, -0.15) is 0 Å². The summed E-state index contributed by atoms with van der Waals surface area (Å²) in [6, 6.07) is 14.7. The molecule has 0 amide bonds. The molecular weight excluding hydrogens is 310 g/mol. The van der Waals surface area contributed by atoms with Crippen molar-refractivity contribution >= 4 is 23.0 Å². The van der Waals surface area contributed by atoms with Crippen molar-refractivity contribution in [3.8, 4) is 0 Å². The van der Waals surface area contributed by atoms with Crippen LogP contribution in [0.3, 0.4) is 0 Å². The van der Waals surface area contributed by atoms with Gasteiger partial charge < -0.3 is 4.90 Å². The molecule has 5 heteroatoms. The van der Waals surface area contributed by atoms with E-state index in [-0.39, 0.29) is 6.17 Å². The van der Waals surface area contributed by atoms with Gasteiger partial charge >= 0.3 is 0 Å². The Hall–Kier alpha value is -2.95. The summed E-state index contributed by atoms with van der Waals surface area (Å²) in [7, 11) is 0. The third kappa shape index (κ3) is 1.92. The summed E-state index contributed by atoms with van der Waals surface area (Å²) >= 11 is 0. The molecule has 0 aliphatic carbocycles. The van der Waals surface area contributed by atoms with Crippen LogP contribution in [0.2, 0.25) is 0 Å². The van der Waals surface area contributed by atoms with Gasteiger partial charge in [0.15, 0.2) is 5.82 Å². The van der Waals surface area contributed by atoms with E-state index in [9.17, 15) is 0 Å². The fourth-order valence-corrected chi connectivity index (χ4v) is 4.17. The van der Waals surface area contributed by atoms with Crippen molar-refractivity contribution in [1.82, 2.24) is 15.0 Å². The molecule has 0 radical (unpaired) electrons. The predicted octanol–water partition coefficient (Wildman–Crippen LogP) is 4.24. The van der Waals surface area contributed by atoms with Crippen LogP contribution in [0.25, 0.3) is 0 Å². The number of anilines is 4. The minimum absolute atomic E-state index is 0.145. The first kappa shape index (κ1) is 14.4. The lowest BCUT2D eigenvalue weighted by Crippen LogP contribution is -2.48. The van der Waals surface area contributed by atoms with Crippen LogP contribution < -0.4 is 9.80 Å². The molecule has 1 aromatic carbocycles. The molecule has 0 spiro atoms. The second kappa shape index (κ2) is 5.28. The SMILES string of the molecule is CC1c2ccccc2N2c3cncnc3N(c3ccccn3)C2C1C. The number of benzene rings is 1. The Morgan fingerprint density at radius 3 is 2.56 bits per heavy atom. The molecule has 2 aliphatic heterocycles. The van der Waals surface area contributed by atoms with Gasteiger partial charge in [0.25, 0.3) is 0 Å². The van der Waals surface area contributed by atoms with Crippen LogP contribution in [0.1, 0.15) is 25.3 Å².